The SMILES string of the molecule is CC(C)(CNc1ccc2cc(N)ccc2n1)c1cccs1. The number of pyridine rings is 1. The van der Waals surface area contributed by atoms with Crippen LogP contribution < -0.4 is 11.1 Å². The van der Waals surface area contributed by atoms with Gasteiger partial charge in [0, 0.05) is 27.9 Å². The highest BCUT2D eigenvalue weighted by Gasteiger charge is 2.21. The monoisotopic (exact) mass is 297 g/mol. The normalized spacial score (nSPS) is 11.7. The molecule has 0 fully saturated rings. The Morgan fingerprint density at radius 3 is 2.81 bits per heavy atom. The van der Waals surface area contributed by atoms with Crippen LogP contribution >= 0.6 is 11.3 Å². The molecule has 0 saturated carbocycles. The molecule has 3 N–H and O–H groups in total. The molecule has 4 heteroatoms. The number of benzene rings is 1. The van der Waals surface area contributed by atoms with Crippen molar-refractivity contribution in [3.05, 3.63) is 52.7 Å². The minimum absolute atomic E-state index is 0.0892. The van der Waals surface area contributed by atoms with Gasteiger partial charge in [0.1, 0.15) is 5.82 Å². The van der Waals surface area contributed by atoms with Crippen LogP contribution in [0.15, 0.2) is 47.8 Å². The molecule has 0 amide bonds. The van der Waals surface area contributed by atoms with E-state index in [2.05, 4.69) is 47.7 Å². The zero-order chi connectivity index (χ0) is 14.9. The Morgan fingerprint density at radius 1 is 1.19 bits per heavy atom. The molecule has 2 heterocycles. The molecule has 0 aliphatic rings. The van der Waals surface area contributed by atoms with Crippen molar-refractivity contribution >= 4 is 33.7 Å². The van der Waals surface area contributed by atoms with E-state index in [-0.39, 0.29) is 5.41 Å². The number of nitrogens with zero attached hydrogens (tertiary/aromatic N) is 1. The molecule has 3 aromatic rings. The van der Waals surface area contributed by atoms with Crippen molar-refractivity contribution in [2.24, 2.45) is 0 Å². The van der Waals surface area contributed by atoms with Gasteiger partial charge in [-0.2, -0.15) is 0 Å². The van der Waals surface area contributed by atoms with Crippen molar-refractivity contribution in [1.82, 2.24) is 4.98 Å². The second-order valence-electron chi connectivity index (χ2n) is 5.86. The van der Waals surface area contributed by atoms with Crippen molar-refractivity contribution < 1.29 is 0 Å². The van der Waals surface area contributed by atoms with E-state index in [1.165, 1.54) is 4.88 Å². The number of nitrogens with one attached hydrogen (secondary N) is 1. The molecule has 21 heavy (non-hydrogen) atoms. The molecule has 0 radical (unpaired) electrons. The number of anilines is 2. The summed E-state index contributed by atoms with van der Waals surface area (Å²) in [6, 6.07) is 14.1. The fourth-order valence-corrected chi connectivity index (χ4v) is 3.16. The highest BCUT2D eigenvalue weighted by molar-refractivity contribution is 7.10. The third kappa shape index (κ3) is 3.00. The summed E-state index contributed by atoms with van der Waals surface area (Å²) in [5.41, 5.74) is 7.61. The number of nitrogen functional groups attached to an aromatic ring is 1. The van der Waals surface area contributed by atoms with Gasteiger partial charge in [-0.15, -0.1) is 11.3 Å². The lowest BCUT2D eigenvalue weighted by molar-refractivity contribution is 0.568. The quantitative estimate of drug-likeness (QED) is 0.707. The number of rotatable bonds is 4. The lowest BCUT2D eigenvalue weighted by Crippen LogP contribution is -2.26. The predicted octanol–water partition coefficient (Wildman–Crippen LogP) is 4.27. The summed E-state index contributed by atoms with van der Waals surface area (Å²) >= 11 is 1.79. The summed E-state index contributed by atoms with van der Waals surface area (Å²) < 4.78 is 0. The average molecular weight is 297 g/mol. The van der Waals surface area contributed by atoms with Gasteiger partial charge in [-0.25, -0.2) is 4.98 Å². The van der Waals surface area contributed by atoms with Gasteiger partial charge >= 0.3 is 0 Å². The molecule has 0 aliphatic carbocycles. The van der Waals surface area contributed by atoms with E-state index in [9.17, 15) is 0 Å². The Kier molecular flexibility index (Phi) is 3.55. The van der Waals surface area contributed by atoms with E-state index >= 15 is 0 Å². The molecular formula is C17H19N3S. The first-order valence-electron chi connectivity index (χ1n) is 6.99. The van der Waals surface area contributed by atoms with Crippen molar-refractivity contribution in [3.63, 3.8) is 0 Å². The largest absolute Gasteiger partial charge is 0.399 e. The van der Waals surface area contributed by atoms with Crippen LogP contribution in [0, 0.1) is 0 Å². The lowest BCUT2D eigenvalue weighted by Gasteiger charge is -2.24. The number of aromatic nitrogens is 1. The van der Waals surface area contributed by atoms with Crippen LogP contribution in [0.3, 0.4) is 0 Å². The molecule has 108 valence electrons. The first kappa shape index (κ1) is 13.9. The van der Waals surface area contributed by atoms with Crippen LogP contribution in [0.2, 0.25) is 0 Å². The highest BCUT2D eigenvalue weighted by atomic mass is 32.1. The first-order valence-corrected chi connectivity index (χ1v) is 7.87. The van der Waals surface area contributed by atoms with E-state index < -0.39 is 0 Å². The Hall–Kier alpha value is -2.07. The van der Waals surface area contributed by atoms with Gasteiger partial charge in [0.05, 0.1) is 5.52 Å². The molecule has 0 saturated heterocycles. The van der Waals surface area contributed by atoms with Crippen molar-refractivity contribution in [1.29, 1.82) is 0 Å². The Morgan fingerprint density at radius 2 is 2.05 bits per heavy atom. The van der Waals surface area contributed by atoms with Gasteiger partial charge in [0.15, 0.2) is 0 Å². The highest BCUT2D eigenvalue weighted by Crippen LogP contribution is 2.28. The number of hydrogen-bond donors (Lipinski definition) is 2. The number of thiophene rings is 1. The standard InChI is InChI=1S/C17H19N3S/c1-17(2,15-4-3-9-21-15)11-19-16-8-5-12-10-13(18)6-7-14(12)20-16/h3-10H,11,18H2,1-2H3,(H,19,20). The Balaban J connectivity index is 1.78. The van der Waals surface area contributed by atoms with E-state index in [0.717, 1.165) is 29.0 Å². The van der Waals surface area contributed by atoms with Crippen LogP contribution in [-0.4, -0.2) is 11.5 Å². The van der Waals surface area contributed by atoms with Crippen LogP contribution in [0.25, 0.3) is 10.9 Å². The molecule has 0 unspecified atom stereocenters. The fourth-order valence-electron chi connectivity index (χ4n) is 2.30. The van der Waals surface area contributed by atoms with Crippen molar-refractivity contribution in [2.45, 2.75) is 19.3 Å². The zero-order valence-corrected chi connectivity index (χ0v) is 13.1. The smallest absolute Gasteiger partial charge is 0.126 e. The third-order valence-electron chi connectivity index (χ3n) is 3.61. The van der Waals surface area contributed by atoms with E-state index in [1.54, 1.807) is 11.3 Å². The van der Waals surface area contributed by atoms with E-state index in [0.29, 0.717) is 0 Å². The van der Waals surface area contributed by atoms with Gasteiger partial charge in [-0.1, -0.05) is 19.9 Å². The molecule has 0 bridgehead atoms. The maximum Gasteiger partial charge on any atom is 0.126 e. The molecule has 3 nitrogen and oxygen atoms in total. The topological polar surface area (TPSA) is 50.9 Å². The van der Waals surface area contributed by atoms with Crippen molar-refractivity contribution in [2.75, 3.05) is 17.6 Å². The van der Waals surface area contributed by atoms with Crippen LogP contribution in [0.1, 0.15) is 18.7 Å². The van der Waals surface area contributed by atoms with Crippen LogP contribution in [0.5, 0.6) is 0 Å². The minimum Gasteiger partial charge on any atom is -0.399 e. The maximum atomic E-state index is 5.79. The molecular weight excluding hydrogens is 278 g/mol. The number of hydrogen-bond acceptors (Lipinski definition) is 4. The summed E-state index contributed by atoms with van der Waals surface area (Å²) in [6.07, 6.45) is 0. The Labute approximate surface area is 128 Å². The summed E-state index contributed by atoms with van der Waals surface area (Å²) in [5.74, 6) is 0.900. The third-order valence-corrected chi connectivity index (χ3v) is 4.85. The van der Waals surface area contributed by atoms with Gasteiger partial charge in [0.25, 0.3) is 0 Å². The summed E-state index contributed by atoms with van der Waals surface area (Å²) in [5, 5.41) is 6.63. The number of nitrogens with two attached hydrogens (primary N) is 1. The molecule has 1 aromatic carbocycles. The van der Waals surface area contributed by atoms with Gasteiger partial charge < -0.3 is 11.1 Å². The van der Waals surface area contributed by atoms with Gasteiger partial charge in [0.2, 0.25) is 0 Å². The first-order chi connectivity index (χ1) is 10.0. The second-order valence-corrected chi connectivity index (χ2v) is 6.81. The summed E-state index contributed by atoms with van der Waals surface area (Å²) in [7, 11) is 0. The molecule has 2 aromatic heterocycles. The summed E-state index contributed by atoms with van der Waals surface area (Å²) in [4.78, 5) is 6.02. The van der Waals surface area contributed by atoms with Crippen LogP contribution in [0.4, 0.5) is 11.5 Å². The van der Waals surface area contributed by atoms with Crippen LogP contribution in [-0.2, 0) is 5.41 Å². The Bertz CT molecular complexity index is 748. The van der Waals surface area contributed by atoms with E-state index in [1.807, 2.05) is 24.3 Å². The molecule has 0 aliphatic heterocycles. The molecule has 0 spiro atoms. The van der Waals surface area contributed by atoms with Crippen molar-refractivity contribution in [3.8, 4) is 0 Å². The number of fused-ring (bicyclic) bond motifs is 1. The van der Waals surface area contributed by atoms with Gasteiger partial charge in [-0.3, -0.25) is 0 Å². The second kappa shape index (κ2) is 5.37. The fraction of sp³-hybridized carbons (Fsp3) is 0.235. The molecule has 0 atom stereocenters. The lowest BCUT2D eigenvalue weighted by atomic mass is 9.91. The van der Waals surface area contributed by atoms with Gasteiger partial charge in [-0.05, 0) is 41.8 Å². The minimum atomic E-state index is 0.0892. The predicted molar refractivity (Wildman–Crippen MR) is 92.0 cm³/mol. The molecule has 3 rings (SSSR count). The van der Waals surface area contributed by atoms with E-state index in [4.69, 9.17) is 5.73 Å². The average Bonchev–Trinajstić information content (AvgIpc) is 3.00. The zero-order valence-electron chi connectivity index (χ0n) is 12.3. The maximum absolute atomic E-state index is 5.79. The summed E-state index contributed by atoms with van der Waals surface area (Å²) in [6.45, 7) is 5.34.